The van der Waals surface area contributed by atoms with Crippen LogP contribution in [0.4, 0.5) is 0 Å². The van der Waals surface area contributed by atoms with Crippen molar-refractivity contribution < 1.29 is 28.4 Å². The lowest BCUT2D eigenvalue weighted by atomic mass is 10.0. The number of hydrogen-bond acceptors (Lipinski definition) is 6. The lowest BCUT2D eigenvalue weighted by molar-refractivity contribution is -0.123. The van der Waals surface area contributed by atoms with E-state index in [9.17, 15) is 19.4 Å². The molecule has 5 N–H and O–H groups in total. The summed E-state index contributed by atoms with van der Waals surface area (Å²) in [5.74, 6) is -0.185. The maximum absolute atomic E-state index is 12.6. The molecule has 0 radical (unpaired) electrons. The number of allylic oxidation sites excluding steroid dienone is 6. The predicted octanol–water partition coefficient (Wildman–Crippen LogP) is 8.04. The van der Waals surface area contributed by atoms with Gasteiger partial charge in [-0.15, -0.1) is 0 Å². The van der Waals surface area contributed by atoms with Crippen molar-refractivity contribution in [1.82, 2.24) is 5.32 Å². The average molecular weight is 615 g/mol. The minimum atomic E-state index is -4.30. The second kappa shape index (κ2) is 29.8. The number of unbranched alkanes of at least 4 members (excludes halogenated alkanes) is 12. The molecule has 0 saturated carbocycles. The molecule has 0 aliphatic rings. The summed E-state index contributed by atoms with van der Waals surface area (Å²) in [4.78, 5) is 22.5. The van der Waals surface area contributed by atoms with E-state index >= 15 is 0 Å². The molecular weight excluding hydrogens is 551 g/mol. The Morgan fingerprint density at radius 2 is 1.38 bits per heavy atom. The van der Waals surface area contributed by atoms with Crippen LogP contribution < -0.4 is 11.1 Å². The van der Waals surface area contributed by atoms with E-state index < -0.39 is 20.0 Å². The van der Waals surface area contributed by atoms with Crippen LogP contribution in [0.2, 0.25) is 0 Å². The van der Waals surface area contributed by atoms with Crippen molar-refractivity contribution in [1.29, 1.82) is 0 Å². The Labute approximate surface area is 257 Å². The fourth-order valence-corrected chi connectivity index (χ4v) is 5.26. The van der Waals surface area contributed by atoms with Crippen LogP contribution in [-0.4, -0.2) is 47.8 Å². The molecule has 0 rings (SSSR count). The quantitative estimate of drug-likeness (QED) is 0.0366. The zero-order valence-electron chi connectivity index (χ0n) is 26.7. The number of rotatable bonds is 30. The molecule has 246 valence electrons. The normalized spacial score (nSPS) is 15.1. The van der Waals surface area contributed by atoms with Gasteiger partial charge in [-0.05, 0) is 44.9 Å². The molecule has 0 bridgehead atoms. The fraction of sp³-hybridized carbons (Fsp3) is 0.788. The number of nitrogens with one attached hydrogen (secondary N) is 1. The Hall–Kier alpha value is -1.28. The van der Waals surface area contributed by atoms with E-state index in [4.69, 9.17) is 14.8 Å². The molecule has 0 aromatic rings. The Balaban J connectivity index is 4.32. The van der Waals surface area contributed by atoms with Gasteiger partial charge in [-0.2, -0.15) is 0 Å². The zero-order valence-corrected chi connectivity index (χ0v) is 27.6. The first-order valence-corrected chi connectivity index (χ1v) is 18.1. The third-order valence-electron chi connectivity index (χ3n) is 7.01. The van der Waals surface area contributed by atoms with Crippen molar-refractivity contribution in [2.24, 2.45) is 5.73 Å². The predicted molar refractivity (Wildman–Crippen MR) is 175 cm³/mol. The highest BCUT2D eigenvalue weighted by Crippen LogP contribution is 2.43. The molecule has 0 fully saturated rings. The molecule has 3 unspecified atom stereocenters. The smallest absolute Gasteiger partial charge is 0.391 e. The van der Waals surface area contributed by atoms with E-state index in [-0.39, 0.29) is 25.7 Å². The minimum Gasteiger partial charge on any atom is -0.391 e. The summed E-state index contributed by atoms with van der Waals surface area (Å²) in [5, 5.41) is 13.6. The van der Waals surface area contributed by atoms with Crippen molar-refractivity contribution in [2.75, 3.05) is 19.8 Å². The SMILES string of the molecule is CC/C=C\C/C=C\C/C=C\CCCCCCCC(=O)NC(COP(=O)(O)OCCN)C(O)CCCCCCCCCC. The van der Waals surface area contributed by atoms with Crippen LogP contribution in [0, 0.1) is 0 Å². The molecule has 1 amide bonds. The van der Waals surface area contributed by atoms with Crippen LogP contribution in [-0.2, 0) is 18.4 Å². The maximum Gasteiger partial charge on any atom is 0.472 e. The van der Waals surface area contributed by atoms with Crippen molar-refractivity contribution in [2.45, 2.75) is 148 Å². The second-order valence-electron chi connectivity index (χ2n) is 11.0. The van der Waals surface area contributed by atoms with Crippen LogP contribution >= 0.6 is 7.82 Å². The van der Waals surface area contributed by atoms with Crippen LogP contribution in [0.5, 0.6) is 0 Å². The van der Waals surface area contributed by atoms with Gasteiger partial charge < -0.3 is 21.1 Å². The number of hydrogen-bond donors (Lipinski definition) is 4. The summed E-state index contributed by atoms with van der Waals surface area (Å²) in [6, 6.07) is -0.779. The highest BCUT2D eigenvalue weighted by Gasteiger charge is 2.27. The first-order chi connectivity index (χ1) is 20.4. The number of carbonyl (C=O) groups is 1. The molecule has 0 saturated heterocycles. The van der Waals surface area contributed by atoms with Gasteiger partial charge in [-0.25, -0.2) is 4.57 Å². The van der Waals surface area contributed by atoms with Gasteiger partial charge in [0.15, 0.2) is 0 Å². The third kappa shape index (κ3) is 27.5. The van der Waals surface area contributed by atoms with Gasteiger partial charge in [0.05, 0.1) is 25.4 Å². The highest BCUT2D eigenvalue weighted by molar-refractivity contribution is 7.47. The summed E-state index contributed by atoms with van der Waals surface area (Å²) < 4.78 is 21.9. The molecule has 0 aromatic heterocycles. The lowest BCUT2D eigenvalue weighted by Gasteiger charge is -2.25. The maximum atomic E-state index is 12.6. The Bertz CT molecular complexity index is 759. The monoisotopic (exact) mass is 614 g/mol. The summed E-state index contributed by atoms with van der Waals surface area (Å²) >= 11 is 0. The van der Waals surface area contributed by atoms with E-state index in [1.807, 2.05) is 0 Å². The molecule has 0 aromatic carbocycles. The number of aliphatic hydroxyl groups is 1. The largest absolute Gasteiger partial charge is 0.472 e. The molecule has 0 aliphatic carbocycles. The van der Waals surface area contributed by atoms with Gasteiger partial charge in [0.2, 0.25) is 5.91 Å². The summed E-state index contributed by atoms with van der Waals surface area (Å²) in [6.07, 6.45) is 31.6. The van der Waals surface area contributed by atoms with E-state index in [1.165, 1.54) is 32.1 Å². The van der Waals surface area contributed by atoms with Gasteiger partial charge in [0.25, 0.3) is 0 Å². The summed E-state index contributed by atoms with van der Waals surface area (Å²) in [6.45, 7) is 4.01. The number of amides is 1. The molecule has 0 aliphatic heterocycles. The molecular formula is C33H63N2O6P. The second-order valence-corrected chi connectivity index (χ2v) is 12.4. The van der Waals surface area contributed by atoms with Gasteiger partial charge in [0, 0.05) is 13.0 Å². The third-order valence-corrected chi connectivity index (χ3v) is 7.99. The van der Waals surface area contributed by atoms with Crippen LogP contribution in [0.1, 0.15) is 136 Å². The van der Waals surface area contributed by atoms with Crippen molar-refractivity contribution in [3.8, 4) is 0 Å². The molecule has 0 heterocycles. The Morgan fingerprint density at radius 3 is 2.02 bits per heavy atom. The number of phosphoric ester groups is 1. The minimum absolute atomic E-state index is 0.0842. The van der Waals surface area contributed by atoms with E-state index in [2.05, 4.69) is 55.6 Å². The van der Waals surface area contributed by atoms with Crippen LogP contribution in [0.3, 0.4) is 0 Å². The number of carbonyl (C=O) groups excluding carboxylic acids is 1. The van der Waals surface area contributed by atoms with E-state index in [1.54, 1.807) is 0 Å². The number of nitrogens with two attached hydrogens (primary N) is 1. The van der Waals surface area contributed by atoms with Crippen LogP contribution in [0.25, 0.3) is 0 Å². The fourth-order valence-electron chi connectivity index (χ4n) is 4.50. The molecule has 9 heteroatoms. The number of phosphoric acid groups is 1. The van der Waals surface area contributed by atoms with Crippen molar-refractivity contribution >= 4 is 13.7 Å². The first kappa shape index (κ1) is 40.7. The Kier molecular flexibility index (Phi) is 28.9. The van der Waals surface area contributed by atoms with E-state index in [0.717, 1.165) is 77.0 Å². The lowest BCUT2D eigenvalue weighted by Crippen LogP contribution is -2.46. The summed E-state index contributed by atoms with van der Waals surface area (Å²) in [5.41, 5.74) is 5.33. The molecule has 0 spiro atoms. The topological polar surface area (TPSA) is 131 Å². The van der Waals surface area contributed by atoms with E-state index in [0.29, 0.717) is 12.8 Å². The standard InChI is InChI=1S/C33H63N2O6P/c1-3-5-7-9-11-13-14-15-16-17-18-19-21-23-25-27-33(37)35-31(30-41-42(38,39)40-29-28-34)32(36)26-24-22-20-12-10-8-6-4-2/h5,7,11,13,15-16,31-32,36H,3-4,6,8-10,12,14,17-30,34H2,1-2H3,(H,35,37)(H,38,39)/b7-5-,13-11-,16-15-. The van der Waals surface area contributed by atoms with Crippen molar-refractivity contribution in [3.05, 3.63) is 36.5 Å². The molecule has 3 atom stereocenters. The van der Waals surface area contributed by atoms with Crippen molar-refractivity contribution in [3.63, 3.8) is 0 Å². The van der Waals surface area contributed by atoms with Gasteiger partial charge >= 0.3 is 7.82 Å². The highest BCUT2D eigenvalue weighted by atomic mass is 31.2. The first-order valence-electron chi connectivity index (χ1n) is 16.6. The molecule has 42 heavy (non-hydrogen) atoms. The van der Waals surface area contributed by atoms with Gasteiger partial charge in [0.1, 0.15) is 0 Å². The summed E-state index contributed by atoms with van der Waals surface area (Å²) in [7, 11) is -4.30. The molecule has 8 nitrogen and oxygen atoms in total. The van der Waals surface area contributed by atoms with Gasteiger partial charge in [-0.1, -0.05) is 121 Å². The number of aliphatic hydroxyl groups excluding tert-OH is 1. The Morgan fingerprint density at radius 1 is 0.810 bits per heavy atom. The van der Waals surface area contributed by atoms with Gasteiger partial charge in [-0.3, -0.25) is 13.8 Å². The average Bonchev–Trinajstić information content (AvgIpc) is 2.97. The zero-order chi connectivity index (χ0) is 31.2. The van der Waals surface area contributed by atoms with Crippen LogP contribution in [0.15, 0.2) is 36.5 Å².